The number of pyridine rings is 1. The monoisotopic (exact) mass is 475 g/mol. The highest BCUT2D eigenvalue weighted by molar-refractivity contribution is 5.80. The van der Waals surface area contributed by atoms with Crippen molar-refractivity contribution in [2.45, 2.75) is 19.1 Å². The lowest BCUT2D eigenvalue weighted by molar-refractivity contribution is -0.138. The third-order valence-electron chi connectivity index (χ3n) is 5.68. The van der Waals surface area contributed by atoms with Crippen molar-refractivity contribution >= 4 is 11.7 Å². The lowest BCUT2D eigenvalue weighted by Gasteiger charge is -2.36. The molecule has 1 aromatic carbocycles. The van der Waals surface area contributed by atoms with Gasteiger partial charge in [0.05, 0.1) is 11.3 Å². The molecular weight excluding hydrogens is 454 g/mol. The largest absolute Gasteiger partial charge is 0.417 e. The fraction of sp³-hybridized carbons (Fsp3) is 0.304. The van der Waals surface area contributed by atoms with Crippen molar-refractivity contribution < 1.29 is 22.4 Å². The molecule has 1 saturated heterocycles. The fourth-order valence-electron chi connectivity index (χ4n) is 3.74. The highest BCUT2D eigenvalue weighted by atomic mass is 19.4. The molecule has 0 aliphatic carbocycles. The number of carbonyl (C=O) groups excluding carboxylic acids is 1. The van der Waals surface area contributed by atoms with Gasteiger partial charge in [-0.25, -0.2) is 14.1 Å². The Morgan fingerprint density at radius 3 is 2.24 bits per heavy atom. The van der Waals surface area contributed by atoms with Crippen molar-refractivity contribution in [3.8, 4) is 11.3 Å². The summed E-state index contributed by atoms with van der Waals surface area (Å²) in [6.45, 7) is 2.98. The fourth-order valence-corrected chi connectivity index (χ4v) is 3.74. The average molecular weight is 475 g/mol. The summed E-state index contributed by atoms with van der Waals surface area (Å²) in [6, 6.07) is 9.88. The molecule has 3 heterocycles. The zero-order valence-electron chi connectivity index (χ0n) is 18.2. The van der Waals surface area contributed by atoms with Crippen LogP contribution >= 0.6 is 0 Å². The third kappa shape index (κ3) is 4.92. The van der Waals surface area contributed by atoms with E-state index in [0.717, 1.165) is 16.9 Å². The van der Waals surface area contributed by atoms with E-state index in [1.807, 2.05) is 0 Å². The standard InChI is InChI=1S/C23H21F4N5O2/c1-15(32-21(33)9-7-19(29-32)16-2-5-18(24)6-3-16)22(34)31-12-10-30(11-13-31)20-8-4-17(14-28-20)23(25,26)27/h2-9,14-15H,10-13H2,1H3. The average Bonchev–Trinajstić information content (AvgIpc) is 2.84. The summed E-state index contributed by atoms with van der Waals surface area (Å²) >= 11 is 0. The van der Waals surface area contributed by atoms with Gasteiger partial charge in [-0.15, -0.1) is 0 Å². The van der Waals surface area contributed by atoms with Gasteiger partial charge in [-0.1, -0.05) is 0 Å². The number of aromatic nitrogens is 3. The number of alkyl halides is 3. The molecule has 3 aromatic rings. The second-order valence-electron chi connectivity index (χ2n) is 7.90. The van der Waals surface area contributed by atoms with Crippen LogP contribution in [0, 0.1) is 5.82 Å². The topological polar surface area (TPSA) is 71.3 Å². The molecule has 1 atom stereocenters. The first-order valence-corrected chi connectivity index (χ1v) is 10.6. The summed E-state index contributed by atoms with van der Waals surface area (Å²) in [5, 5.41) is 4.30. The lowest BCUT2D eigenvalue weighted by Crippen LogP contribution is -2.51. The predicted octanol–water partition coefficient (Wildman–Crippen LogP) is 3.37. The highest BCUT2D eigenvalue weighted by Gasteiger charge is 2.31. The maximum Gasteiger partial charge on any atom is 0.417 e. The van der Waals surface area contributed by atoms with Crippen LogP contribution in [0.2, 0.25) is 0 Å². The normalized spacial score (nSPS) is 15.3. The second-order valence-corrected chi connectivity index (χ2v) is 7.90. The Hall–Kier alpha value is -3.76. The number of anilines is 1. The number of hydrogen-bond acceptors (Lipinski definition) is 5. The molecule has 1 aliphatic rings. The van der Waals surface area contributed by atoms with Gasteiger partial charge in [0.25, 0.3) is 5.56 Å². The van der Waals surface area contributed by atoms with E-state index in [2.05, 4.69) is 10.1 Å². The van der Waals surface area contributed by atoms with Crippen LogP contribution in [0.3, 0.4) is 0 Å². The van der Waals surface area contributed by atoms with Crippen LogP contribution in [0.15, 0.2) is 59.5 Å². The van der Waals surface area contributed by atoms with Gasteiger partial charge in [0.2, 0.25) is 5.91 Å². The number of benzene rings is 1. The van der Waals surface area contributed by atoms with Gasteiger partial charge >= 0.3 is 6.18 Å². The van der Waals surface area contributed by atoms with Gasteiger partial charge in [0.15, 0.2) is 0 Å². The summed E-state index contributed by atoms with van der Waals surface area (Å²) in [4.78, 5) is 32.7. The number of carbonyl (C=O) groups is 1. The molecule has 1 fully saturated rings. The van der Waals surface area contributed by atoms with Gasteiger partial charge in [-0.05, 0) is 49.4 Å². The summed E-state index contributed by atoms with van der Waals surface area (Å²) in [7, 11) is 0. The van der Waals surface area contributed by atoms with E-state index in [1.54, 1.807) is 16.7 Å². The SMILES string of the molecule is CC(C(=O)N1CCN(c2ccc(C(F)(F)F)cn2)CC1)n1nc(-c2ccc(F)cc2)ccc1=O. The smallest absolute Gasteiger partial charge is 0.353 e. The molecule has 2 aromatic heterocycles. The minimum atomic E-state index is -4.45. The Kier molecular flexibility index (Phi) is 6.36. The summed E-state index contributed by atoms with van der Waals surface area (Å²) in [5.41, 5.74) is -0.232. The maximum absolute atomic E-state index is 13.2. The van der Waals surface area contributed by atoms with E-state index in [1.165, 1.54) is 42.5 Å². The molecule has 0 radical (unpaired) electrons. The van der Waals surface area contributed by atoms with Gasteiger partial charge in [0.1, 0.15) is 17.7 Å². The number of halogens is 4. The Balaban J connectivity index is 1.43. The van der Waals surface area contributed by atoms with Gasteiger partial charge in [-0.3, -0.25) is 9.59 Å². The van der Waals surface area contributed by atoms with E-state index in [0.29, 0.717) is 43.3 Å². The number of hydrogen-bond donors (Lipinski definition) is 0. The minimum Gasteiger partial charge on any atom is -0.353 e. The molecular formula is C23H21F4N5O2. The predicted molar refractivity (Wildman–Crippen MR) is 117 cm³/mol. The lowest BCUT2D eigenvalue weighted by atomic mass is 10.1. The molecule has 0 N–H and O–H groups in total. The van der Waals surface area contributed by atoms with Crippen LogP contribution in [0.1, 0.15) is 18.5 Å². The Morgan fingerprint density at radius 2 is 1.65 bits per heavy atom. The van der Waals surface area contributed by atoms with Crippen molar-refractivity contribution in [1.82, 2.24) is 19.7 Å². The minimum absolute atomic E-state index is 0.300. The van der Waals surface area contributed by atoms with Gasteiger partial charge in [0, 0.05) is 44.0 Å². The zero-order chi connectivity index (χ0) is 24.5. The van der Waals surface area contributed by atoms with Crippen molar-refractivity contribution in [3.63, 3.8) is 0 Å². The Labute approximate surface area is 192 Å². The number of rotatable bonds is 4. The van der Waals surface area contributed by atoms with Crippen molar-refractivity contribution in [3.05, 3.63) is 76.5 Å². The molecule has 0 spiro atoms. The van der Waals surface area contributed by atoms with E-state index in [4.69, 9.17) is 0 Å². The molecule has 1 unspecified atom stereocenters. The molecule has 7 nitrogen and oxygen atoms in total. The van der Waals surface area contributed by atoms with Crippen LogP contribution in [-0.2, 0) is 11.0 Å². The molecule has 11 heteroatoms. The molecule has 34 heavy (non-hydrogen) atoms. The first-order chi connectivity index (χ1) is 16.1. The van der Waals surface area contributed by atoms with Crippen molar-refractivity contribution in [2.75, 3.05) is 31.1 Å². The van der Waals surface area contributed by atoms with E-state index in [-0.39, 0.29) is 5.91 Å². The van der Waals surface area contributed by atoms with E-state index >= 15 is 0 Å². The van der Waals surface area contributed by atoms with Crippen LogP contribution in [0.4, 0.5) is 23.4 Å². The molecule has 0 saturated carbocycles. The van der Waals surface area contributed by atoms with E-state index < -0.39 is 29.2 Å². The van der Waals surface area contributed by atoms with Crippen LogP contribution in [0.25, 0.3) is 11.3 Å². The van der Waals surface area contributed by atoms with Crippen LogP contribution < -0.4 is 10.5 Å². The molecule has 1 amide bonds. The zero-order valence-corrected chi connectivity index (χ0v) is 18.2. The first kappa shape index (κ1) is 23.4. The van der Waals surface area contributed by atoms with Crippen molar-refractivity contribution in [2.24, 2.45) is 0 Å². The van der Waals surface area contributed by atoms with Crippen molar-refractivity contribution in [1.29, 1.82) is 0 Å². The molecule has 4 rings (SSSR count). The maximum atomic E-state index is 13.2. The molecule has 1 aliphatic heterocycles. The van der Waals surface area contributed by atoms with E-state index in [9.17, 15) is 27.2 Å². The summed E-state index contributed by atoms with van der Waals surface area (Å²) in [6.07, 6.45) is -3.66. The van der Waals surface area contributed by atoms with Crippen LogP contribution in [0.5, 0.6) is 0 Å². The molecule has 178 valence electrons. The van der Waals surface area contributed by atoms with Crippen LogP contribution in [-0.4, -0.2) is 51.8 Å². The number of amides is 1. The summed E-state index contributed by atoms with van der Waals surface area (Å²) in [5.74, 6) is -0.296. The number of piperazine rings is 1. The summed E-state index contributed by atoms with van der Waals surface area (Å²) < 4.78 is 52.5. The quantitative estimate of drug-likeness (QED) is 0.542. The highest BCUT2D eigenvalue weighted by Crippen LogP contribution is 2.29. The van der Waals surface area contributed by atoms with Gasteiger partial charge in [-0.2, -0.15) is 18.3 Å². The Morgan fingerprint density at radius 1 is 0.971 bits per heavy atom. The first-order valence-electron chi connectivity index (χ1n) is 10.6. The van der Waals surface area contributed by atoms with Gasteiger partial charge < -0.3 is 9.80 Å². The second kappa shape index (κ2) is 9.24. The number of nitrogens with zero attached hydrogens (tertiary/aromatic N) is 5. The Bertz CT molecular complexity index is 1220. The third-order valence-corrected chi connectivity index (χ3v) is 5.68. The molecule has 0 bridgehead atoms.